The van der Waals surface area contributed by atoms with Crippen LogP contribution in [0.2, 0.25) is 0 Å². The largest absolute Gasteiger partial charge is 0.480 e. The molecule has 0 saturated carbocycles. The number of hydrogen-bond acceptors (Lipinski definition) is 4. The predicted octanol–water partition coefficient (Wildman–Crippen LogP) is -0.777. The highest BCUT2D eigenvalue weighted by Crippen LogP contribution is 1.96. The molecule has 0 radical (unpaired) electrons. The minimum absolute atomic E-state index is 0.0223. The number of aliphatic carboxylic acids is 1. The van der Waals surface area contributed by atoms with Gasteiger partial charge in [0.25, 0.3) is 0 Å². The Morgan fingerprint density at radius 1 is 1.58 bits per heavy atom. The first kappa shape index (κ1) is 11.4. The number of carbonyl (C=O) groups is 1. The summed E-state index contributed by atoms with van der Waals surface area (Å²) in [4.78, 5) is 10.2. The van der Waals surface area contributed by atoms with E-state index in [0.717, 1.165) is 0 Å². The Hall–Kier alpha value is -0.620. The molecule has 1 atom stereocenters. The molecular weight excluding hydrogens is 182 g/mol. The van der Waals surface area contributed by atoms with Gasteiger partial charge in [0.1, 0.15) is 15.9 Å². The van der Waals surface area contributed by atoms with Crippen LogP contribution >= 0.6 is 0 Å². The standard InChI is InChI=1S/C6H13NO4S/c1-2-12(10,11)4-3-5(7)6(8)9/h5H,2-4,7H2,1H3,(H,8,9). The second-order valence-electron chi connectivity index (χ2n) is 2.47. The summed E-state index contributed by atoms with van der Waals surface area (Å²) >= 11 is 0. The fraction of sp³-hybridized carbons (Fsp3) is 0.833. The minimum Gasteiger partial charge on any atom is -0.480 e. The first-order chi connectivity index (χ1) is 5.39. The van der Waals surface area contributed by atoms with E-state index in [0.29, 0.717) is 0 Å². The van der Waals surface area contributed by atoms with Crippen molar-refractivity contribution >= 4 is 15.8 Å². The number of hydrogen-bond donors (Lipinski definition) is 2. The Balaban J connectivity index is 3.92. The Morgan fingerprint density at radius 3 is 2.42 bits per heavy atom. The first-order valence-electron chi connectivity index (χ1n) is 3.58. The lowest BCUT2D eigenvalue weighted by molar-refractivity contribution is -0.138. The highest BCUT2D eigenvalue weighted by atomic mass is 32.2. The molecular formula is C6H13NO4S. The van der Waals surface area contributed by atoms with Crippen LogP contribution in [-0.4, -0.2) is 37.0 Å². The Kier molecular flexibility index (Phi) is 4.19. The van der Waals surface area contributed by atoms with E-state index in [4.69, 9.17) is 10.8 Å². The quantitative estimate of drug-likeness (QED) is 0.600. The van der Waals surface area contributed by atoms with Crippen molar-refractivity contribution in [2.75, 3.05) is 11.5 Å². The van der Waals surface area contributed by atoms with Gasteiger partial charge >= 0.3 is 5.97 Å². The third-order valence-electron chi connectivity index (χ3n) is 1.50. The summed E-state index contributed by atoms with van der Waals surface area (Å²) in [5, 5.41) is 8.33. The van der Waals surface area contributed by atoms with Gasteiger partial charge in [-0.05, 0) is 6.42 Å². The molecule has 0 aromatic carbocycles. The van der Waals surface area contributed by atoms with Crippen LogP contribution in [0.3, 0.4) is 0 Å². The van der Waals surface area contributed by atoms with Crippen molar-refractivity contribution in [2.24, 2.45) is 5.73 Å². The summed E-state index contributed by atoms with van der Waals surface area (Å²) in [6.07, 6.45) is -0.0223. The van der Waals surface area contributed by atoms with E-state index in [1.54, 1.807) is 0 Å². The van der Waals surface area contributed by atoms with Crippen molar-refractivity contribution in [1.82, 2.24) is 0 Å². The SMILES string of the molecule is CCS(=O)(=O)CCC(N)C(=O)O. The van der Waals surface area contributed by atoms with E-state index in [1.165, 1.54) is 6.92 Å². The molecule has 0 aliphatic carbocycles. The molecule has 0 fully saturated rings. The molecule has 0 amide bonds. The summed E-state index contributed by atoms with van der Waals surface area (Å²) in [7, 11) is -3.09. The lowest BCUT2D eigenvalue weighted by atomic mass is 10.2. The molecule has 0 aromatic rings. The van der Waals surface area contributed by atoms with Crippen molar-refractivity contribution in [3.63, 3.8) is 0 Å². The van der Waals surface area contributed by atoms with Crippen LogP contribution in [0.15, 0.2) is 0 Å². The maximum atomic E-state index is 10.9. The van der Waals surface area contributed by atoms with Crippen molar-refractivity contribution in [3.8, 4) is 0 Å². The third-order valence-corrected chi connectivity index (χ3v) is 3.23. The van der Waals surface area contributed by atoms with Gasteiger partial charge in [-0.25, -0.2) is 8.42 Å². The van der Waals surface area contributed by atoms with E-state index >= 15 is 0 Å². The molecule has 1 unspecified atom stereocenters. The highest BCUT2D eigenvalue weighted by Gasteiger charge is 2.15. The Labute approximate surface area is 71.5 Å². The molecule has 0 bridgehead atoms. The zero-order valence-electron chi connectivity index (χ0n) is 6.86. The normalized spacial score (nSPS) is 14.2. The van der Waals surface area contributed by atoms with Gasteiger partial charge < -0.3 is 10.8 Å². The van der Waals surface area contributed by atoms with Gasteiger partial charge in [0.2, 0.25) is 0 Å². The van der Waals surface area contributed by atoms with Crippen LogP contribution in [0.5, 0.6) is 0 Å². The zero-order chi connectivity index (χ0) is 9.78. The van der Waals surface area contributed by atoms with Gasteiger partial charge in [-0.15, -0.1) is 0 Å². The summed E-state index contributed by atoms with van der Waals surface area (Å²) in [6, 6.07) is -1.08. The molecule has 0 aliphatic heterocycles. The van der Waals surface area contributed by atoms with E-state index in [1.807, 2.05) is 0 Å². The molecule has 0 rings (SSSR count). The Bertz CT molecular complexity index is 246. The number of nitrogens with two attached hydrogens (primary N) is 1. The summed E-state index contributed by atoms with van der Waals surface area (Å²) in [5.41, 5.74) is 5.11. The smallest absolute Gasteiger partial charge is 0.320 e. The highest BCUT2D eigenvalue weighted by molar-refractivity contribution is 7.91. The summed E-state index contributed by atoms with van der Waals surface area (Å²) < 4.78 is 21.8. The third kappa shape index (κ3) is 4.30. The van der Waals surface area contributed by atoms with Crippen molar-refractivity contribution in [3.05, 3.63) is 0 Å². The Morgan fingerprint density at radius 2 is 2.08 bits per heavy atom. The molecule has 12 heavy (non-hydrogen) atoms. The van der Waals surface area contributed by atoms with Crippen LogP contribution in [0.1, 0.15) is 13.3 Å². The van der Waals surface area contributed by atoms with Crippen LogP contribution in [0, 0.1) is 0 Å². The predicted molar refractivity (Wildman–Crippen MR) is 44.6 cm³/mol. The molecule has 0 aromatic heterocycles. The average Bonchev–Trinajstić information content (AvgIpc) is 2.00. The van der Waals surface area contributed by atoms with Gasteiger partial charge in [0.05, 0.1) is 5.75 Å². The fourth-order valence-corrected chi connectivity index (χ4v) is 1.48. The molecule has 0 heterocycles. The molecule has 3 N–H and O–H groups in total. The maximum absolute atomic E-state index is 10.9. The van der Waals surface area contributed by atoms with Crippen molar-refractivity contribution in [2.45, 2.75) is 19.4 Å². The fourth-order valence-electron chi connectivity index (χ4n) is 0.574. The number of rotatable bonds is 5. The van der Waals surface area contributed by atoms with Gasteiger partial charge in [-0.2, -0.15) is 0 Å². The minimum atomic E-state index is -3.09. The van der Waals surface area contributed by atoms with Crippen LogP contribution < -0.4 is 5.73 Å². The van der Waals surface area contributed by atoms with Gasteiger partial charge in [0.15, 0.2) is 0 Å². The number of carboxylic acid groups (broad SMARTS) is 1. The van der Waals surface area contributed by atoms with Crippen LogP contribution in [0.4, 0.5) is 0 Å². The first-order valence-corrected chi connectivity index (χ1v) is 5.40. The van der Waals surface area contributed by atoms with E-state index in [9.17, 15) is 13.2 Å². The van der Waals surface area contributed by atoms with Crippen molar-refractivity contribution < 1.29 is 18.3 Å². The summed E-state index contributed by atoms with van der Waals surface area (Å²) in [5.74, 6) is -1.29. The molecule has 72 valence electrons. The van der Waals surface area contributed by atoms with Gasteiger partial charge in [0, 0.05) is 5.75 Å². The second kappa shape index (κ2) is 4.42. The van der Waals surface area contributed by atoms with E-state index in [-0.39, 0.29) is 17.9 Å². The molecule has 0 spiro atoms. The lowest BCUT2D eigenvalue weighted by Crippen LogP contribution is -2.32. The van der Waals surface area contributed by atoms with Crippen molar-refractivity contribution in [1.29, 1.82) is 0 Å². The maximum Gasteiger partial charge on any atom is 0.320 e. The molecule has 5 nitrogen and oxygen atoms in total. The van der Waals surface area contributed by atoms with Crippen LogP contribution in [0.25, 0.3) is 0 Å². The second-order valence-corrected chi connectivity index (χ2v) is 4.94. The molecule has 6 heteroatoms. The average molecular weight is 195 g/mol. The lowest BCUT2D eigenvalue weighted by Gasteiger charge is -2.04. The summed E-state index contributed by atoms with van der Waals surface area (Å²) in [6.45, 7) is 1.52. The molecule has 0 aliphatic rings. The number of sulfone groups is 1. The zero-order valence-corrected chi connectivity index (χ0v) is 7.67. The topological polar surface area (TPSA) is 97.5 Å². The monoisotopic (exact) mass is 195 g/mol. The molecule has 0 saturated heterocycles. The van der Waals surface area contributed by atoms with E-state index in [2.05, 4.69) is 0 Å². The van der Waals surface area contributed by atoms with E-state index < -0.39 is 21.8 Å². The van der Waals surface area contributed by atoms with Gasteiger partial charge in [-0.3, -0.25) is 4.79 Å². The van der Waals surface area contributed by atoms with Crippen LogP contribution in [-0.2, 0) is 14.6 Å². The number of carboxylic acids is 1. The van der Waals surface area contributed by atoms with Gasteiger partial charge in [-0.1, -0.05) is 6.92 Å².